The molecular weight excluding hydrogens is 1470 g/mol. The maximum atomic E-state index is 13.9. The van der Waals surface area contributed by atoms with Gasteiger partial charge in [-0.3, -0.25) is 38.3 Å². The van der Waals surface area contributed by atoms with Crippen molar-refractivity contribution >= 4 is 87.3 Å². The smallest absolute Gasteiger partial charge is 0.322 e. The molecule has 113 heavy (non-hydrogen) atoms. The Hall–Kier alpha value is -13.5. The largest absolute Gasteiger partial charge is 0.417 e. The molecule has 0 saturated carbocycles. The van der Waals surface area contributed by atoms with E-state index in [0.717, 1.165) is 29.3 Å². The van der Waals surface area contributed by atoms with Crippen LogP contribution in [0, 0.1) is 13.8 Å². The Morgan fingerprint density at radius 3 is 1.19 bits per heavy atom. The minimum absolute atomic E-state index is 0.201. The topological polar surface area (TPSA) is 218 Å². The number of benzene rings is 8. The fourth-order valence-corrected chi connectivity index (χ4v) is 14.1. The van der Waals surface area contributed by atoms with Crippen molar-refractivity contribution in [2.24, 2.45) is 7.05 Å². The van der Waals surface area contributed by atoms with E-state index in [-0.39, 0.29) is 23.7 Å². The molecule has 27 heteroatoms. The Kier molecular flexibility index (Phi) is 20.4. The molecule has 7 heterocycles. The van der Waals surface area contributed by atoms with Crippen LogP contribution in [0.15, 0.2) is 237 Å². The zero-order chi connectivity index (χ0) is 81.0. The fourth-order valence-electron chi connectivity index (χ4n) is 14.1. The standard InChI is InChI=1S/C29H25F3N4O2.C29H23F3N4O2.C28H21F3N4O2/c1-17-8-11-19(12-9-17)33-26(37)21-16-18(10-13-22(21)29(30,31)32)20-6-5-7-23-25(20)28(2,3)27(38)36(23)24-14-15-35(4)34-24;1-17-7-10-19(11-8-17)35-26(37)21-16-18(9-12-22(21)29(30,31)32)20-13-15-34-25-24(20)28(2,3)27(38)36(25)23-6-4-5-14-33-23;1-27(2)23-19(10-6-11-22(23)35(25(27)37)26-32-14-7-15-33-26)17-12-13-21(28(29,30)31)20(16-17)24(36)34-18-8-4-3-5-9-18/h5-16H,1-4H3,(H,33,37);4-16H,1-3H3,(H,35,37);3-16H,1-2H3,(H,34,36). The summed E-state index contributed by atoms with van der Waals surface area (Å²) < 4.78 is 127. The van der Waals surface area contributed by atoms with E-state index < -0.39 is 85.9 Å². The second kappa shape index (κ2) is 29.7. The first-order valence-electron chi connectivity index (χ1n) is 35.2. The highest BCUT2D eigenvalue weighted by Crippen LogP contribution is 2.53. The lowest BCUT2D eigenvalue weighted by Gasteiger charge is -2.21. The highest BCUT2D eigenvalue weighted by atomic mass is 19.4. The molecule has 3 aliphatic heterocycles. The molecule has 0 fully saturated rings. The van der Waals surface area contributed by atoms with E-state index >= 15 is 0 Å². The zero-order valence-corrected chi connectivity index (χ0v) is 61.9. The van der Waals surface area contributed by atoms with Crippen LogP contribution >= 0.6 is 0 Å². The van der Waals surface area contributed by atoms with E-state index in [0.29, 0.717) is 96.0 Å². The molecule has 8 aromatic carbocycles. The van der Waals surface area contributed by atoms with Crippen molar-refractivity contribution in [2.75, 3.05) is 30.7 Å². The summed E-state index contributed by atoms with van der Waals surface area (Å²) in [5, 5.41) is 12.0. The van der Waals surface area contributed by atoms with E-state index in [1.807, 2.05) is 13.8 Å². The lowest BCUT2D eigenvalue weighted by molar-refractivity contribution is -0.138. The van der Waals surface area contributed by atoms with E-state index in [1.54, 1.807) is 217 Å². The summed E-state index contributed by atoms with van der Waals surface area (Å²) >= 11 is 0. The van der Waals surface area contributed by atoms with E-state index in [1.165, 1.54) is 69.7 Å². The number of hydrogen-bond acceptors (Lipinski definition) is 11. The van der Waals surface area contributed by atoms with Crippen LogP contribution in [-0.2, 0) is 56.2 Å². The number of halogens is 9. The lowest BCUT2D eigenvalue weighted by Crippen LogP contribution is -2.34. The summed E-state index contributed by atoms with van der Waals surface area (Å²) in [6.07, 6.45) is -6.39. The zero-order valence-electron chi connectivity index (χ0n) is 61.9. The number of pyridine rings is 2. The molecule has 12 aromatic rings. The van der Waals surface area contributed by atoms with Crippen LogP contribution in [0.3, 0.4) is 0 Å². The predicted octanol–water partition coefficient (Wildman–Crippen LogP) is 19.7. The van der Waals surface area contributed by atoms with Crippen molar-refractivity contribution in [3.05, 3.63) is 298 Å². The summed E-state index contributed by atoms with van der Waals surface area (Å²) in [6.45, 7) is 14.2. The first-order valence-corrected chi connectivity index (χ1v) is 35.2. The Labute approximate surface area is 642 Å². The lowest BCUT2D eigenvalue weighted by atomic mass is 9.81. The molecule has 0 unspecified atom stereocenters. The van der Waals surface area contributed by atoms with Gasteiger partial charge in [0.15, 0.2) is 5.82 Å². The number of anilines is 9. The van der Waals surface area contributed by atoms with Gasteiger partial charge < -0.3 is 16.0 Å². The maximum absolute atomic E-state index is 13.9. The molecule has 3 aliphatic rings. The second-order valence-corrected chi connectivity index (χ2v) is 28.6. The van der Waals surface area contributed by atoms with Crippen molar-refractivity contribution in [1.29, 1.82) is 0 Å². The van der Waals surface area contributed by atoms with Gasteiger partial charge in [0.05, 0.1) is 61.0 Å². The average molecular weight is 1540 g/mol. The summed E-state index contributed by atoms with van der Waals surface area (Å²) in [5.74, 6) is -2.00. The Bertz CT molecular complexity index is 5740. The fraction of sp³-hybridized carbons (Fsp3) is 0.174. The number of alkyl halides is 9. The number of carbonyl (C=O) groups is 6. The third kappa shape index (κ3) is 15.1. The highest BCUT2D eigenvalue weighted by Gasteiger charge is 2.51. The molecule has 0 aliphatic carbocycles. The van der Waals surface area contributed by atoms with E-state index in [9.17, 15) is 68.3 Å². The summed E-state index contributed by atoms with van der Waals surface area (Å²) in [6, 6.07) is 52.8. The Balaban J connectivity index is 0.000000148. The first-order chi connectivity index (χ1) is 53.4. The van der Waals surface area contributed by atoms with Crippen molar-refractivity contribution in [3.63, 3.8) is 0 Å². The molecule has 0 atom stereocenters. The van der Waals surface area contributed by atoms with Gasteiger partial charge in [0, 0.05) is 66.7 Å². The maximum Gasteiger partial charge on any atom is 0.417 e. The predicted molar refractivity (Wildman–Crippen MR) is 411 cm³/mol. The average Bonchev–Trinajstić information content (AvgIpc) is 1.58. The molecule has 6 amide bonds. The molecular formula is C86H69F9N12O6. The molecule has 18 nitrogen and oxygen atoms in total. The van der Waals surface area contributed by atoms with Crippen molar-refractivity contribution < 1.29 is 68.3 Å². The van der Waals surface area contributed by atoms with Crippen LogP contribution < -0.4 is 30.7 Å². The SMILES string of the molecule is CC1(C)C(=O)N(c2ncccn2)c2cccc(-c3ccc(C(F)(F)F)c(C(=O)Nc4ccccc4)c3)c21.Cc1ccc(NC(=O)c2cc(-c3cccc4c3C(C)(C)C(=O)N4c3ccn(C)n3)ccc2C(F)(F)F)cc1.Cc1ccc(NC(=O)c2cc(-c3ccnc4c3C(C)(C)C(=O)N4c3ccccn3)ccc2C(F)(F)F)cc1. The van der Waals surface area contributed by atoms with Gasteiger partial charge in [-0.05, 0) is 209 Å². The number of aryl methyl sites for hydroxylation is 3. The van der Waals surface area contributed by atoms with Gasteiger partial charge in [-0.15, -0.1) is 0 Å². The number of carbonyl (C=O) groups excluding carboxylic acids is 6. The van der Waals surface area contributed by atoms with Crippen molar-refractivity contribution in [3.8, 4) is 33.4 Å². The molecule has 0 radical (unpaired) electrons. The van der Waals surface area contributed by atoms with Gasteiger partial charge in [0.2, 0.25) is 23.7 Å². The number of amides is 6. The number of nitrogens with zero attached hydrogens (tertiary/aromatic N) is 9. The van der Waals surface area contributed by atoms with Crippen LogP contribution in [-0.4, -0.2) is 65.2 Å². The van der Waals surface area contributed by atoms with Gasteiger partial charge in [0.25, 0.3) is 17.7 Å². The molecule has 0 bridgehead atoms. The number of hydrogen-bond donors (Lipinski definition) is 3. The monoisotopic (exact) mass is 1540 g/mol. The quantitative estimate of drug-likeness (QED) is 0.0977. The van der Waals surface area contributed by atoms with Gasteiger partial charge >= 0.3 is 18.5 Å². The number of aromatic nitrogens is 6. The van der Waals surface area contributed by atoms with Gasteiger partial charge in [-0.2, -0.15) is 44.6 Å². The third-order valence-electron chi connectivity index (χ3n) is 19.6. The minimum Gasteiger partial charge on any atom is -0.322 e. The van der Waals surface area contributed by atoms with Crippen LogP contribution in [0.5, 0.6) is 0 Å². The summed E-state index contributed by atoms with van der Waals surface area (Å²) in [5.41, 5.74) is 0.964. The van der Waals surface area contributed by atoms with Gasteiger partial charge in [-0.25, -0.2) is 29.7 Å². The third-order valence-corrected chi connectivity index (χ3v) is 19.6. The number of para-hydroxylation sites is 1. The molecule has 0 saturated heterocycles. The molecule has 4 aromatic heterocycles. The first kappa shape index (κ1) is 77.7. The van der Waals surface area contributed by atoms with Crippen molar-refractivity contribution in [2.45, 2.75) is 90.2 Å². The number of nitrogens with one attached hydrogen (secondary N) is 3. The van der Waals surface area contributed by atoms with Crippen molar-refractivity contribution in [1.82, 2.24) is 29.7 Å². The molecule has 572 valence electrons. The summed E-state index contributed by atoms with van der Waals surface area (Å²) in [7, 11) is 1.75. The number of fused-ring (bicyclic) bond motifs is 3. The Morgan fingerprint density at radius 1 is 0.372 bits per heavy atom. The van der Waals surface area contributed by atoms with Gasteiger partial charge in [0.1, 0.15) is 11.6 Å². The molecule has 0 spiro atoms. The van der Waals surface area contributed by atoms with Gasteiger partial charge in [-0.1, -0.05) is 102 Å². The molecule has 15 rings (SSSR count). The van der Waals surface area contributed by atoms with Crippen LogP contribution in [0.1, 0.15) is 117 Å². The van der Waals surface area contributed by atoms with Crippen LogP contribution in [0.4, 0.5) is 91.4 Å². The van der Waals surface area contributed by atoms with E-state index in [4.69, 9.17) is 0 Å². The second-order valence-electron chi connectivity index (χ2n) is 28.6. The summed E-state index contributed by atoms with van der Waals surface area (Å²) in [4.78, 5) is 101. The van der Waals surface area contributed by atoms with E-state index in [2.05, 4.69) is 41.0 Å². The molecule has 3 N–H and O–H groups in total. The Morgan fingerprint density at radius 2 is 0.770 bits per heavy atom. The highest BCUT2D eigenvalue weighted by molar-refractivity contribution is 6.16. The van der Waals surface area contributed by atoms with Crippen LogP contribution in [0.25, 0.3) is 33.4 Å². The minimum atomic E-state index is -4.75. The number of rotatable bonds is 12. The van der Waals surface area contributed by atoms with Crippen LogP contribution in [0.2, 0.25) is 0 Å². The normalized spacial score (nSPS) is 14.4.